The van der Waals surface area contributed by atoms with Crippen LogP contribution < -0.4 is 15.4 Å². The first-order valence-corrected chi connectivity index (χ1v) is 8.99. The lowest BCUT2D eigenvalue weighted by Crippen LogP contribution is -2.41. The van der Waals surface area contributed by atoms with Crippen molar-refractivity contribution in [3.8, 4) is 5.75 Å². The number of hydrogen-bond donors (Lipinski definition) is 2. The molecule has 2 rings (SSSR count). The normalized spacial score (nSPS) is 13.6. The maximum atomic E-state index is 11.6. The van der Waals surface area contributed by atoms with Gasteiger partial charge in [-0.1, -0.05) is 17.7 Å². The minimum Gasteiger partial charge on any atom is -0.492 e. The van der Waals surface area contributed by atoms with Crippen LogP contribution in [0.25, 0.3) is 0 Å². The number of guanidine groups is 1. The number of hydrogen-bond acceptors (Lipinski definition) is 3. The predicted octanol–water partition coefficient (Wildman–Crippen LogP) is 2.56. The second-order valence-electron chi connectivity index (χ2n) is 6.50. The first kappa shape index (κ1) is 22.5. The Bertz CT molecular complexity index is 573. The van der Waals surface area contributed by atoms with E-state index in [1.807, 2.05) is 36.2 Å². The smallest absolute Gasteiger partial charge is 0.220 e. The maximum Gasteiger partial charge on any atom is 0.220 e. The van der Waals surface area contributed by atoms with Crippen molar-refractivity contribution in [2.24, 2.45) is 4.99 Å². The Morgan fingerprint density at radius 1 is 1.31 bits per heavy atom. The molecule has 1 saturated carbocycles. The molecule has 0 spiro atoms. The monoisotopic (exact) mass is 474 g/mol. The minimum absolute atomic E-state index is 0. The number of carbonyl (C=O) groups excluding carboxylic acids is 1. The van der Waals surface area contributed by atoms with Crippen molar-refractivity contribution in [2.45, 2.75) is 38.6 Å². The molecule has 1 aromatic rings. The Morgan fingerprint density at radius 2 is 2.00 bits per heavy atom. The largest absolute Gasteiger partial charge is 0.492 e. The molecule has 7 heteroatoms. The summed E-state index contributed by atoms with van der Waals surface area (Å²) >= 11 is 0. The molecule has 1 aliphatic rings. The van der Waals surface area contributed by atoms with Crippen LogP contribution in [0.4, 0.5) is 0 Å². The number of benzene rings is 1. The number of carbonyl (C=O) groups is 1. The van der Waals surface area contributed by atoms with Gasteiger partial charge in [-0.3, -0.25) is 9.79 Å². The molecule has 0 heterocycles. The van der Waals surface area contributed by atoms with Gasteiger partial charge in [0, 0.05) is 33.1 Å². The van der Waals surface area contributed by atoms with Crippen molar-refractivity contribution >= 4 is 35.8 Å². The quantitative estimate of drug-likeness (QED) is 0.250. The van der Waals surface area contributed by atoms with Crippen molar-refractivity contribution < 1.29 is 9.53 Å². The van der Waals surface area contributed by atoms with Gasteiger partial charge in [-0.15, -0.1) is 24.0 Å². The summed E-state index contributed by atoms with van der Waals surface area (Å²) in [6.45, 7) is 4.11. The molecule has 0 unspecified atom stereocenters. The summed E-state index contributed by atoms with van der Waals surface area (Å²) in [5.74, 6) is 1.85. The Balaban J connectivity index is 0.00000338. The molecule has 1 amide bonds. The molecule has 0 saturated heterocycles. The highest BCUT2D eigenvalue weighted by atomic mass is 127. The highest BCUT2D eigenvalue weighted by molar-refractivity contribution is 14.0. The Hall–Kier alpha value is -1.51. The number of nitrogens with one attached hydrogen (secondary N) is 2. The molecule has 1 aromatic carbocycles. The number of halogens is 1. The lowest BCUT2D eigenvalue weighted by Gasteiger charge is -2.22. The van der Waals surface area contributed by atoms with E-state index >= 15 is 0 Å². The Kier molecular flexibility index (Phi) is 10.4. The van der Waals surface area contributed by atoms with Crippen molar-refractivity contribution in [2.75, 3.05) is 33.8 Å². The number of aryl methyl sites for hydroxylation is 1. The van der Waals surface area contributed by atoms with Crippen LogP contribution in [0.3, 0.4) is 0 Å². The van der Waals surface area contributed by atoms with E-state index in [4.69, 9.17) is 4.74 Å². The second kappa shape index (κ2) is 12.0. The molecule has 26 heavy (non-hydrogen) atoms. The van der Waals surface area contributed by atoms with Crippen LogP contribution in [0.1, 0.15) is 31.2 Å². The molecule has 0 bridgehead atoms. The zero-order valence-corrected chi connectivity index (χ0v) is 18.3. The van der Waals surface area contributed by atoms with E-state index in [1.54, 1.807) is 7.05 Å². The van der Waals surface area contributed by atoms with E-state index in [0.29, 0.717) is 19.1 Å². The fraction of sp³-hybridized carbons (Fsp3) is 0.579. The summed E-state index contributed by atoms with van der Waals surface area (Å²) < 4.78 is 5.75. The van der Waals surface area contributed by atoms with Gasteiger partial charge in [-0.25, -0.2) is 0 Å². The van der Waals surface area contributed by atoms with Gasteiger partial charge < -0.3 is 20.3 Å². The minimum atomic E-state index is 0. The number of rotatable bonds is 9. The van der Waals surface area contributed by atoms with Gasteiger partial charge in [-0.2, -0.15) is 0 Å². The summed E-state index contributed by atoms with van der Waals surface area (Å²) in [5, 5.41) is 6.29. The summed E-state index contributed by atoms with van der Waals surface area (Å²) in [5.41, 5.74) is 1.22. The second-order valence-corrected chi connectivity index (χ2v) is 6.50. The third-order valence-corrected chi connectivity index (χ3v) is 4.10. The van der Waals surface area contributed by atoms with E-state index in [-0.39, 0.29) is 29.9 Å². The van der Waals surface area contributed by atoms with Crippen LogP contribution in [0.5, 0.6) is 5.75 Å². The summed E-state index contributed by atoms with van der Waals surface area (Å²) in [6, 6.07) is 8.48. The van der Waals surface area contributed by atoms with Crippen LogP contribution in [-0.2, 0) is 4.79 Å². The molecule has 146 valence electrons. The summed E-state index contributed by atoms with van der Waals surface area (Å²) in [4.78, 5) is 17.9. The van der Waals surface area contributed by atoms with E-state index in [0.717, 1.165) is 44.1 Å². The standard InChI is InChI=1S/C19H30N4O2.HI/c1-15-6-10-17(11-7-15)25-14-13-23(3)19(20-2)21-12-4-5-18(24)22-16-8-9-16;/h6-7,10-11,16H,4-5,8-9,12-14H2,1-3H3,(H,20,21)(H,22,24);1H. The third-order valence-electron chi connectivity index (χ3n) is 4.10. The SMILES string of the molecule is CN=C(NCCCC(=O)NC1CC1)N(C)CCOc1ccc(C)cc1.I. The molecule has 1 aliphatic carbocycles. The number of likely N-dealkylation sites (N-methyl/N-ethyl adjacent to an activating group) is 1. The van der Waals surface area contributed by atoms with Crippen molar-refractivity contribution in [1.29, 1.82) is 0 Å². The van der Waals surface area contributed by atoms with Crippen LogP contribution >= 0.6 is 24.0 Å². The van der Waals surface area contributed by atoms with E-state index in [1.165, 1.54) is 5.56 Å². The van der Waals surface area contributed by atoms with E-state index in [2.05, 4.69) is 22.5 Å². The summed E-state index contributed by atoms with van der Waals surface area (Å²) in [6.07, 6.45) is 3.62. The zero-order chi connectivity index (χ0) is 18.1. The highest BCUT2D eigenvalue weighted by Crippen LogP contribution is 2.18. The van der Waals surface area contributed by atoms with Crippen LogP contribution in [0.2, 0.25) is 0 Å². The van der Waals surface area contributed by atoms with Gasteiger partial charge >= 0.3 is 0 Å². The number of amides is 1. The van der Waals surface area contributed by atoms with E-state index in [9.17, 15) is 4.79 Å². The molecular formula is C19H31IN4O2. The van der Waals surface area contributed by atoms with Crippen LogP contribution in [-0.4, -0.2) is 56.6 Å². The fourth-order valence-electron chi connectivity index (χ4n) is 2.40. The zero-order valence-electron chi connectivity index (χ0n) is 16.0. The van der Waals surface area contributed by atoms with Crippen molar-refractivity contribution in [3.63, 3.8) is 0 Å². The molecule has 2 N–H and O–H groups in total. The molecule has 0 radical (unpaired) electrons. The lowest BCUT2D eigenvalue weighted by molar-refractivity contribution is -0.121. The number of aliphatic imine (C=N–C) groups is 1. The Labute approximate surface area is 173 Å². The molecule has 0 aromatic heterocycles. The third kappa shape index (κ3) is 8.73. The highest BCUT2D eigenvalue weighted by Gasteiger charge is 2.22. The molecule has 1 fully saturated rings. The first-order valence-electron chi connectivity index (χ1n) is 8.99. The molecule has 0 aliphatic heterocycles. The van der Waals surface area contributed by atoms with Crippen molar-refractivity contribution in [1.82, 2.24) is 15.5 Å². The van der Waals surface area contributed by atoms with Gasteiger partial charge in [0.1, 0.15) is 12.4 Å². The van der Waals surface area contributed by atoms with Crippen LogP contribution in [0, 0.1) is 6.92 Å². The lowest BCUT2D eigenvalue weighted by atomic mass is 10.2. The van der Waals surface area contributed by atoms with Gasteiger partial charge in [0.05, 0.1) is 6.54 Å². The fourth-order valence-corrected chi connectivity index (χ4v) is 2.40. The topological polar surface area (TPSA) is 66.0 Å². The number of ether oxygens (including phenoxy) is 1. The average Bonchev–Trinajstić information content (AvgIpc) is 3.40. The van der Waals surface area contributed by atoms with Gasteiger partial charge in [0.2, 0.25) is 5.91 Å². The molecular weight excluding hydrogens is 443 g/mol. The van der Waals surface area contributed by atoms with Gasteiger partial charge in [0.15, 0.2) is 5.96 Å². The summed E-state index contributed by atoms with van der Waals surface area (Å²) in [7, 11) is 3.74. The average molecular weight is 474 g/mol. The predicted molar refractivity (Wildman–Crippen MR) is 116 cm³/mol. The Morgan fingerprint density at radius 3 is 2.62 bits per heavy atom. The molecule has 6 nitrogen and oxygen atoms in total. The first-order chi connectivity index (χ1) is 12.1. The maximum absolute atomic E-state index is 11.6. The van der Waals surface area contributed by atoms with Gasteiger partial charge in [-0.05, 0) is 38.3 Å². The van der Waals surface area contributed by atoms with Crippen LogP contribution in [0.15, 0.2) is 29.3 Å². The van der Waals surface area contributed by atoms with E-state index < -0.39 is 0 Å². The molecule has 0 atom stereocenters. The van der Waals surface area contributed by atoms with Gasteiger partial charge in [0.25, 0.3) is 0 Å². The number of nitrogens with zero attached hydrogens (tertiary/aromatic N) is 2. The van der Waals surface area contributed by atoms with Crippen molar-refractivity contribution in [3.05, 3.63) is 29.8 Å².